The summed E-state index contributed by atoms with van der Waals surface area (Å²) in [5.74, 6) is -0.273. The van der Waals surface area contributed by atoms with Crippen molar-refractivity contribution >= 4 is 22.6 Å². The standard InChI is InChI=1S/C23H26N4O4/c1-4-12-27-23(30)18-8-6-5-7-17(18)21(26-27)22(29)25-24-20(28)11-13-31-19-10-9-15(2)14-16(19)3/h5-10,14H,4,11-13H2,1-3H3,(H,24,28)(H,25,29). The van der Waals surface area contributed by atoms with E-state index in [9.17, 15) is 14.4 Å². The topological polar surface area (TPSA) is 102 Å². The van der Waals surface area contributed by atoms with E-state index in [1.165, 1.54) is 4.68 Å². The van der Waals surface area contributed by atoms with Gasteiger partial charge in [0.1, 0.15) is 5.75 Å². The average molecular weight is 422 g/mol. The number of aromatic nitrogens is 2. The maximum Gasteiger partial charge on any atom is 0.290 e. The number of hydrazine groups is 1. The van der Waals surface area contributed by atoms with Crippen LogP contribution >= 0.6 is 0 Å². The maximum absolute atomic E-state index is 12.7. The van der Waals surface area contributed by atoms with Crippen LogP contribution in [-0.2, 0) is 11.3 Å². The summed E-state index contributed by atoms with van der Waals surface area (Å²) in [6.45, 7) is 6.43. The molecule has 0 radical (unpaired) electrons. The maximum atomic E-state index is 12.7. The molecule has 0 aliphatic carbocycles. The molecule has 162 valence electrons. The van der Waals surface area contributed by atoms with Gasteiger partial charge in [0.05, 0.1) is 18.4 Å². The van der Waals surface area contributed by atoms with Crippen LogP contribution < -0.4 is 21.1 Å². The zero-order valence-electron chi connectivity index (χ0n) is 17.9. The molecule has 8 nitrogen and oxygen atoms in total. The second kappa shape index (κ2) is 9.88. The van der Waals surface area contributed by atoms with Crippen molar-refractivity contribution < 1.29 is 14.3 Å². The summed E-state index contributed by atoms with van der Waals surface area (Å²) >= 11 is 0. The molecule has 31 heavy (non-hydrogen) atoms. The van der Waals surface area contributed by atoms with Crippen molar-refractivity contribution in [2.75, 3.05) is 6.61 Å². The monoisotopic (exact) mass is 422 g/mol. The molecular weight excluding hydrogens is 396 g/mol. The van der Waals surface area contributed by atoms with Gasteiger partial charge in [-0.25, -0.2) is 4.68 Å². The first-order valence-corrected chi connectivity index (χ1v) is 10.2. The smallest absolute Gasteiger partial charge is 0.290 e. The van der Waals surface area contributed by atoms with Crippen molar-refractivity contribution in [3.05, 3.63) is 69.6 Å². The Kier molecular flexibility index (Phi) is 7.02. The first-order chi connectivity index (χ1) is 14.9. The van der Waals surface area contributed by atoms with Crippen LogP contribution in [0.5, 0.6) is 5.75 Å². The van der Waals surface area contributed by atoms with Crippen LogP contribution in [0.15, 0.2) is 47.3 Å². The second-order valence-corrected chi connectivity index (χ2v) is 7.29. The number of carbonyl (C=O) groups is 2. The lowest BCUT2D eigenvalue weighted by molar-refractivity contribution is -0.122. The zero-order valence-corrected chi connectivity index (χ0v) is 17.9. The number of ether oxygens (including phenoxy) is 1. The van der Waals surface area contributed by atoms with Crippen LogP contribution in [0.1, 0.15) is 41.4 Å². The van der Waals surface area contributed by atoms with Crippen molar-refractivity contribution in [3.63, 3.8) is 0 Å². The Morgan fingerprint density at radius 3 is 2.52 bits per heavy atom. The number of aryl methyl sites for hydroxylation is 3. The summed E-state index contributed by atoms with van der Waals surface area (Å²) in [6, 6.07) is 12.6. The number of fused-ring (bicyclic) bond motifs is 1. The zero-order chi connectivity index (χ0) is 22.4. The summed E-state index contributed by atoms with van der Waals surface area (Å²) in [6.07, 6.45) is 0.764. The average Bonchev–Trinajstić information content (AvgIpc) is 2.75. The van der Waals surface area contributed by atoms with E-state index in [2.05, 4.69) is 16.0 Å². The van der Waals surface area contributed by atoms with Gasteiger partial charge in [-0.2, -0.15) is 5.10 Å². The van der Waals surface area contributed by atoms with E-state index in [-0.39, 0.29) is 24.3 Å². The van der Waals surface area contributed by atoms with Crippen molar-refractivity contribution in [2.24, 2.45) is 0 Å². The van der Waals surface area contributed by atoms with E-state index >= 15 is 0 Å². The Labute approximate surface area is 180 Å². The third kappa shape index (κ3) is 5.28. The van der Waals surface area contributed by atoms with Gasteiger partial charge in [0.2, 0.25) is 5.91 Å². The number of nitrogens with zero attached hydrogens (tertiary/aromatic N) is 2. The lowest BCUT2D eigenvalue weighted by Gasteiger charge is -2.12. The van der Waals surface area contributed by atoms with E-state index in [4.69, 9.17) is 4.74 Å². The number of amides is 2. The van der Waals surface area contributed by atoms with Gasteiger partial charge in [-0.05, 0) is 38.0 Å². The predicted octanol–water partition coefficient (Wildman–Crippen LogP) is 2.65. The van der Waals surface area contributed by atoms with Crippen LogP contribution in [0, 0.1) is 13.8 Å². The van der Waals surface area contributed by atoms with Crippen LogP contribution in [0.25, 0.3) is 10.8 Å². The van der Waals surface area contributed by atoms with E-state index in [1.807, 2.05) is 39.0 Å². The van der Waals surface area contributed by atoms with Crippen molar-refractivity contribution in [2.45, 2.75) is 40.2 Å². The molecule has 0 aliphatic heterocycles. The van der Waals surface area contributed by atoms with Crippen molar-refractivity contribution in [1.29, 1.82) is 0 Å². The normalized spacial score (nSPS) is 10.7. The highest BCUT2D eigenvalue weighted by Crippen LogP contribution is 2.18. The Balaban J connectivity index is 1.62. The molecule has 0 atom stereocenters. The fraction of sp³-hybridized carbons (Fsp3) is 0.304. The molecule has 2 N–H and O–H groups in total. The summed E-state index contributed by atoms with van der Waals surface area (Å²) in [5, 5.41) is 5.04. The Hall–Kier alpha value is -3.68. The van der Waals surface area contributed by atoms with E-state index in [0.717, 1.165) is 16.9 Å². The molecule has 1 heterocycles. The molecule has 3 rings (SSSR count). The molecular formula is C23H26N4O4. The molecule has 0 aliphatic rings. The highest BCUT2D eigenvalue weighted by atomic mass is 16.5. The summed E-state index contributed by atoms with van der Waals surface area (Å²) < 4.78 is 6.92. The van der Waals surface area contributed by atoms with Crippen LogP contribution in [0.3, 0.4) is 0 Å². The molecule has 0 fully saturated rings. The lowest BCUT2D eigenvalue weighted by Crippen LogP contribution is -2.43. The van der Waals surface area contributed by atoms with Crippen molar-refractivity contribution in [1.82, 2.24) is 20.6 Å². The minimum atomic E-state index is -0.593. The highest BCUT2D eigenvalue weighted by molar-refractivity contribution is 6.05. The first-order valence-electron chi connectivity index (χ1n) is 10.2. The minimum Gasteiger partial charge on any atom is -0.493 e. The van der Waals surface area contributed by atoms with Gasteiger partial charge in [-0.1, -0.05) is 42.8 Å². The number of nitrogens with one attached hydrogen (secondary N) is 2. The minimum absolute atomic E-state index is 0.0666. The SMILES string of the molecule is CCCn1nc(C(=O)NNC(=O)CCOc2ccc(C)cc2C)c2ccccc2c1=O. The molecule has 0 saturated carbocycles. The van der Waals surface area contributed by atoms with Crippen molar-refractivity contribution in [3.8, 4) is 5.75 Å². The fourth-order valence-corrected chi connectivity index (χ4v) is 3.23. The van der Waals surface area contributed by atoms with E-state index in [0.29, 0.717) is 23.7 Å². The highest BCUT2D eigenvalue weighted by Gasteiger charge is 2.17. The summed E-state index contributed by atoms with van der Waals surface area (Å²) in [7, 11) is 0. The van der Waals surface area contributed by atoms with Gasteiger partial charge in [0, 0.05) is 11.9 Å². The Bertz CT molecular complexity index is 1170. The van der Waals surface area contributed by atoms with E-state index < -0.39 is 11.8 Å². The summed E-state index contributed by atoms with van der Waals surface area (Å²) in [5.41, 5.74) is 6.71. The molecule has 2 aromatic carbocycles. The molecule has 1 aromatic heterocycles. The number of benzene rings is 2. The Morgan fingerprint density at radius 2 is 1.81 bits per heavy atom. The molecule has 3 aromatic rings. The number of carbonyl (C=O) groups excluding carboxylic acids is 2. The van der Waals surface area contributed by atoms with Gasteiger partial charge in [-0.3, -0.25) is 25.2 Å². The third-order valence-electron chi connectivity index (χ3n) is 4.75. The van der Waals surface area contributed by atoms with Gasteiger partial charge >= 0.3 is 0 Å². The molecule has 0 spiro atoms. The van der Waals surface area contributed by atoms with Crippen LogP contribution in [-0.4, -0.2) is 28.2 Å². The van der Waals surface area contributed by atoms with Crippen LogP contribution in [0.4, 0.5) is 0 Å². The fourth-order valence-electron chi connectivity index (χ4n) is 3.23. The molecule has 0 saturated heterocycles. The molecule has 2 amide bonds. The third-order valence-corrected chi connectivity index (χ3v) is 4.75. The molecule has 0 bridgehead atoms. The number of hydrogen-bond acceptors (Lipinski definition) is 5. The second-order valence-electron chi connectivity index (χ2n) is 7.29. The number of hydrogen-bond donors (Lipinski definition) is 2. The van der Waals surface area contributed by atoms with Gasteiger partial charge < -0.3 is 4.74 Å². The lowest BCUT2D eigenvalue weighted by atomic mass is 10.1. The quantitative estimate of drug-likeness (QED) is 0.570. The Morgan fingerprint density at radius 1 is 1.06 bits per heavy atom. The predicted molar refractivity (Wildman–Crippen MR) is 118 cm³/mol. The van der Waals surface area contributed by atoms with Gasteiger partial charge in [0.25, 0.3) is 11.5 Å². The molecule has 8 heteroatoms. The van der Waals surface area contributed by atoms with Gasteiger partial charge in [-0.15, -0.1) is 0 Å². The van der Waals surface area contributed by atoms with Gasteiger partial charge in [0.15, 0.2) is 5.69 Å². The number of rotatable bonds is 7. The summed E-state index contributed by atoms with van der Waals surface area (Å²) in [4.78, 5) is 37.3. The van der Waals surface area contributed by atoms with Crippen LogP contribution in [0.2, 0.25) is 0 Å². The molecule has 0 unspecified atom stereocenters. The first kappa shape index (κ1) is 22.0. The largest absolute Gasteiger partial charge is 0.493 e. The van der Waals surface area contributed by atoms with E-state index in [1.54, 1.807) is 24.3 Å².